The first-order chi connectivity index (χ1) is 9.99. The van der Waals surface area contributed by atoms with Gasteiger partial charge in [0.05, 0.1) is 5.69 Å². The third-order valence-electron chi connectivity index (χ3n) is 3.49. The minimum absolute atomic E-state index is 0.262. The highest BCUT2D eigenvalue weighted by atomic mass is 32.2. The first-order valence-corrected chi connectivity index (χ1v) is 9.14. The molecule has 0 atom stereocenters. The molecule has 2 aromatic heterocycles. The number of nitrogens with zero attached hydrogens (tertiary/aromatic N) is 2. The average molecular weight is 326 g/mol. The third kappa shape index (κ3) is 3.12. The Bertz CT molecular complexity index is 744. The zero-order valence-corrected chi connectivity index (χ0v) is 13.6. The Morgan fingerprint density at radius 3 is 2.90 bits per heavy atom. The highest BCUT2D eigenvalue weighted by Crippen LogP contribution is 2.41. The SMILES string of the molecule is CNCc1cc(S(=O)(=O)Nc2nc(C3CC3)cs2)cn1C. The molecule has 1 aliphatic rings. The van der Waals surface area contributed by atoms with Crippen LogP contribution in [0.25, 0.3) is 0 Å². The summed E-state index contributed by atoms with van der Waals surface area (Å²) in [6.07, 6.45) is 3.92. The van der Waals surface area contributed by atoms with Gasteiger partial charge in [0.25, 0.3) is 10.0 Å². The van der Waals surface area contributed by atoms with Crippen molar-refractivity contribution in [2.45, 2.75) is 30.2 Å². The summed E-state index contributed by atoms with van der Waals surface area (Å²) in [7, 11) is 0.0854. The second kappa shape index (κ2) is 5.43. The lowest BCUT2D eigenvalue weighted by atomic mass is 10.3. The first kappa shape index (κ1) is 14.6. The minimum Gasteiger partial charge on any atom is -0.352 e. The molecule has 0 amide bonds. The smallest absolute Gasteiger partial charge is 0.265 e. The standard InChI is InChI=1S/C13H18N4O2S2/c1-14-6-10-5-11(7-17(10)2)21(18,19)16-13-15-12(8-20-13)9-3-4-9/h5,7-9,14H,3-4,6H2,1-2H3,(H,15,16). The number of sulfonamides is 1. The van der Waals surface area contributed by atoms with Gasteiger partial charge in [0.15, 0.2) is 5.13 Å². The fraction of sp³-hybridized carbons (Fsp3) is 0.462. The van der Waals surface area contributed by atoms with Gasteiger partial charge < -0.3 is 9.88 Å². The predicted molar refractivity (Wildman–Crippen MR) is 83.1 cm³/mol. The van der Waals surface area contributed by atoms with Crippen molar-refractivity contribution in [2.24, 2.45) is 7.05 Å². The lowest BCUT2D eigenvalue weighted by molar-refractivity contribution is 0.601. The number of aryl methyl sites for hydroxylation is 1. The van der Waals surface area contributed by atoms with Gasteiger partial charge in [-0.1, -0.05) is 0 Å². The molecule has 2 N–H and O–H groups in total. The van der Waals surface area contributed by atoms with Gasteiger partial charge in [0, 0.05) is 36.8 Å². The summed E-state index contributed by atoms with van der Waals surface area (Å²) in [5.41, 5.74) is 1.91. The van der Waals surface area contributed by atoms with Gasteiger partial charge >= 0.3 is 0 Å². The van der Waals surface area contributed by atoms with Gasteiger partial charge in [-0.2, -0.15) is 0 Å². The second-order valence-corrected chi connectivity index (χ2v) is 7.81. The Hall–Kier alpha value is -1.38. The Morgan fingerprint density at radius 1 is 1.48 bits per heavy atom. The van der Waals surface area contributed by atoms with Crippen molar-refractivity contribution in [1.82, 2.24) is 14.9 Å². The monoisotopic (exact) mass is 326 g/mol. The van der Waals surface area contributed by atoms with Crippen LogP contribution in [0.1, 0.15) is 30.1 Å². The Balaban J connectivity index is 1.80. The number of anilines is 1. The highest BCUT2D eigenvalue weighted by Gasteiger charge is 2.27. The van der Waals surface area contributed by atoms with E-state index < -0.39 is 10.0 Å². The summed E-state index contributed by atoms with van der Waals surface area (Å²) in [5, 5.41) is 5.39. The van der Waals surface area contributed by atoms with E-state index in [4.69, 9.17) is 0 Å². The van der Waals surface area contributed by atoms with Crippen LogP contribution >= 0.6 is 11.3 Å². The van der Waals surface area contributed by atoms with Crippen molar-refractivity contribution >= 4 is 26.5 Å². The van der Waals surface area contributed by atoms with Crippen molar-refractivity contribution in [3.05, 3.63) is 29.0 Å². The quantitative estimate of drug-likeness (QED) is 0.850. The molecular weight excluding hydrogens is 308 g/mol. The molecule has 1 saturated carbocycles. The van der Waals surface area contributed by atoms with Gasteiger partial charge in [-0.3, -0.25) is 4.72 Å². The van der Waals surface area contributed by atoms with Crippen LogP contribution in [0.15, 0.2) is 22.5 Å². The topological polar surface area (TPSA) is 76.0 Å². The van der Waals surface area contributed by atoms with Crippen LogP contribution < -0.4 is 10.0 Å². The molecule has 0 saturated heterocycles. The molecule has 0 unspecified atom stereocenters. The van der Waals surface area contributed by atoms with E-state index in [9.17, 15) is 8.42 Å². The Morgan fingerprint density at radius 2 is 2.24 bits per heavy atom. The zero-order valence-electron chi connectivity index (χ0n) is 12.0. The van der Waals surface area contributed by atoms with Crippen molar-refractivity contribution in [3.8, 4) is 0 Å². The third-order valence-corrected chi connectivity index (χ3v) is 5.70. The van der Waals surface area contributed by atoms with E-state index >= 15 is 0 Å². The molecule has 6 nitrogen and oxygen atoms in total. The van der Waals surface area contributed by atoms with Crippen LogP contribution in [-0.4, -0.2) is 25.0 Å². The van der Waals surface area contributed by atoms with Crippen LogP contribution in [0.2, 0.25) is 0 Å². The molecule has 2 heterocycles. The molecular formula is C13H18N4O2S2. The number of hydrogen-bond donors (Lipinski definition) is 2. The predicted octanol–water partition coefficient (Wildman–Crippen LogP) is 1.88. The van der Waals surface area contributed by atoms with Gasteiger partial charge in [-0.25, -0.2) is 13.4 Å². The number of hydrogen-bond acceptors (Lipinski definition) is 5. The molecule has 8 heteroatoms. The average Bonchev–Trinajstić information content (AvgIpc) is 3.07. The molecule has 0 aliphatic heterocycles. The molecule has 0 spiro atoms. The minimum atomic E-state index is -3.58. The van der Waals surface area contributed by atoms with Gasteiger partial charge in [0.2, 0.25) is 0 Å². The molecule has 0 bridgehead atoms. The van der Waals surface area contributed by atoms with E-state index in [1.165, 1.54) is 11.3 Å². The summed E-state index contributed by atoms with van der Waals surface area (Å²) < 4.78 is 29.2. The van der Waals surface area contributed by atoms with Crippen LogP contribution in [-0.2, 0) is 23.6 Å². The Labute approximate surface area is 128 Å². The fourth-order valence-corrected chi connectivity index (χ4v) is 4.29. The van der Waals surface area contributed by atoms with Crippen LogP contribution in [0.4, 0.5) is 5.13 Å². The van der Waals surface area contributed by atoms with E-state index in [1.54, 1.807) is 12.3 Å². The van der Waals surface area contributed by atoms with Crippen LogP contribution in [0, 0.1) is 0 Å². The van der Waals surface area contributed by atoms with Crippen LogP contribution in [0.5, 0.6) is 0 Å². The summed E-state index contributed by atoms with van der Waals surface area (Å²) in [5.74, 6) is 0.526. The molecule has 114 valence electrons. The number of nitrogens with one attached hydrogen (secondary N) is 2. The van der Waals surface area contributed by atoms with Gasteiger partial charge in [0.1, 0.15) is 4.90 Å². The molecule has 2 aromatic rings. The zero-order chi connectivity index (χ0) is 15.0. The van der Waals surface area contributed by atoms with E-state index in [-0.39, 0.29) is 4.90 Å². The van der Waals surface area contributed by atoms with Crippen LogP contribution in [0.3, 0.4) is 0 Å². The summed E-state index contributed by atoms with van der Waals surface area (Å²) >= 11 is 1.34. The summed E-state index contributed by atoms with van der Waals surface area (Å²) in [6.45, 7) is 0.620. The van der Waals surface area contributed by atoms with Crippen molar-refractivity contribution in [2.75, 3.05) is 11.8 Å². The van der Waals surface area contributed by atoms with E-state index in [0.29, 0.717) is 17.6 Å². The van der Waals surface area contributed by atoms with Gasteiger partial charge in [-0.05, 0) is 26.0 Å². The number of thiazole rings is 1. The molecule has 1 aliphatic carbocycles. The van der Waals surface area contributed by atoms with Crippen molar-refractivity contribution in [3.63, 3.8) is 0 Å². The van der Waals surface area contributed by atoms with E-state index in [1.807, 2.05) is 24.0 Å². The lowest BCUT2D eigenvalue weighted by Crippen LogP contribution is -2.12. The van der Waals surface area contributed by atoms with Crippen molar-refractivity contribution < 1.29 is 8.42 Å². The highest BCUT2D eigenvalue weighted by molar-refractivity contribution is 7.93. The maximum Gasteiger partial charge on any atom is 0.265 e. The largest absolute Gasteiger partial charge is 0.352 e. The van der Waals surface area contributed by atoms with Gasteiger partial charge in [-0.15, -0.1) is 11.3 Å². The molecule has 0 radical (unpaired) electrons. The fourth-order valence-electron chi connectivity index (χ4n) is 2.15. The molecule has 3 rings (SSSR count). The first-order valence-electron chi connectivity index (χ1n) is 6.77. The van der Waals surface area contributed by atoms with Crippen molar-refractivity contribution in [1.29, 1.82) is 0 Å². The number of aromatic nitrogens is 2. The normalized spacial score (nSPS) is 15.3. The second-order valence-electron chi connectivity index (χ2n) is 5.27. The lowest BCUT2D eigenvalue weighted by Gasteiger charge is -2.02. The van der Waals surface area contributed by atoms with E-state index in [0.717, 1.165) is 24.2 Å². The maximum atomic E-state index is 12.4. The number of rotatable bonds is 6. The summed E-state index contributed by atoms with van der Waals surface area (Å²) in [4.78, 5) is 4.62. The summed E-state index contributed by atoms with van der Waals surface area (Å²) in [6, 6.07) is 1.67. The molecule has 21 heavy (non-hydrogen) atoms. The molecule has 1 fully saturated rings. The maximum absolute atomic E-state index is 12.4. The van der Waals surface area contributed by atoms with E-state index in [2.05, 4.69) is 15.0 Å². The Kier molecular flexibility index (Phi) is 3.76. The molecule has 0 aromatic carbocycles.